The Bertz CT molecular complexity index is 1210. The molecular formula is C30H37NO5. The van der Waals surface area contributed by atoms with Crippen molar-refractivity contribution in [3.05, 3.63) is 76.1 Å². The van der Waals surface area contributed by atoms with E-state index < -0.39 is 0 Å². The van der Waals surface area contributed by atoms with Crippen LogP contribution >= 0.6 is 0 Å². The van der Waals surface area contributed by atoms with Crippen molar-refractivity contribution in [1.29, 1.82) is 0 Å². The topological polar surface area (TPSA) is 66.8 Å². The van der Waals surface area contributed by atoms with Crippen LogP contribution in [0.4, 0.5) is 0 Å². The Kier molecular flexibility index (Phi) is 10.6. The van der Waals surface area contributed by atoms with Gasteiger partial charge in [0.15, 0.2) is 5.75 Å². The summed E-state index contributed by atoms with van der Waals surface area (Å²) in [6.07, 6.45) is 8.53. The normalized spacial score (nSPS) is 10.8. The molecule has 192 valence electrons. The van der Waals surface area contributed by atoms with Gasteiger partial charge < -0.3 is 18.8 Å². The third-order valence-electron chi connectivity index (χ3n) is 6.02. The molecule has 0 N–H and O–H groups in total. The molecular weight excluding hydrogens is 454 g/mol. The zero-order valence-electron chi connectivity index (χ0n) is 21.6. The quantitative estimate of drug-likeness (QED) is 0.133. The number of unbranched alkanes of at least 4 members (excludes halogenated alkanes) is 5. The molecule has 0 amide bonds. The summed E-state index contributed by atoms with van der Waals surface area (Å²) in [4.78, 5) is 24.8. The van der Waals surface area contributed by atoms with E-state index in [0.717, 1.165) is 30.4 Å². The summed E-state index contributed by atoms with van der Waals surface area (Å²) in [7, 11) is 0. The maximum absolute atomic E-state index is 13.5. The average molecular weight is 492 g/mol. The molecule has 1 heterocycles. The molecule has 36 heavy (non-hydrogen) atoms. The van der Waals surface area contributed by atoms with Gasteiger partial charge in [-0.1, -0.05) is 74.9 Å². The molecule has 0 fully saturated rings. The van der Waals surface area contributed by atoms with E-state index in [0.29, 0.717) is 29.8 Å². The van der Waals surface area contributed by atoms with Gasteiger partial charge in [-0.05, 0) is 44.0 Å². The van der Waals surface area contributed by atoms with Crippen LogP contribution in [-0.4, -0.2) is 17.6 Å². The van der Waals surface area contributed by atoms with Crippen molar-refractivity contribution in [3.63, 3.8) is 0 Å². The van der Waals surface area contributed by atoms with Gasteiger partial charge in [0.05, 0.1) is 5.52 Å². The van der Waals surface area contributed by atoms with E-state index in [4.69, 9.17) is 14.2 Å². The number of benzene rings is 2. The molecule has 3 rings (SSSR count). The number of fused-ring (bicyclic) bond motifs is 1. The van der Waals surface area contributed by atoms with Crippen LogP contribution in [0, 0.1) is 0 Å². The number of rotatable bonds is 15. The highest BCUT2D eigenvalue weighted by molar-refractivity contribution is 5.89. The first-order valence-electron chi connectivity index (χ1n) is 12.8. The Hall–Kier alpha value is -3.54. The number of pyridine rings is 1. The number of allylic oxidation sites excluding steroid dienone is 1. The number of aryl methyl sites for hydroxylation is 1. The largest absolute Gasteiger partial charge is 0.489 e. The van der Waals surface area contributed by atoms with Crippen molar-refractivity contribution >= 4 is 17.4 Å². The van der Waals surface area contributed by atoms with Gasteiger partial charge in [-0.3, -0.25) is 9.59 Å². The zero-order valence-corrected chi connectivity index (χ0v) is 21.6. The number of hydrogen-bond donors (Lipinski definition) is 0. The zero-order chi connectivity index (χ0) is 25.8. The standard InChI is InChI=1S/C30H37NO5/c1-4-5-6-7-8-12-18-31-27-20-25(35-21-24-13-10-9-11-14-24)15-16-26(27)28(34-19-17-23(2)3)29(30(31)33)36-22-32/h9-11,13-17,20,22H,4-8,12,18-19,21H2,1-3H3. The van der Waals surface area contributed by atoms with Crippen LogP contribution < -0.4 is 19.8 Å². The molecule has 0 aliphatic rings. The van der Waals surface area contributed by atoms with Gasteiger partial charge in [-0.25, -0.2) is 0 Å². The fourth-order valence-corrected chi connectivity index (χ4v) is 4.07. The van der Waals surface area contributed by atoms with Crippen LogP contribution in [0.2, 0.25) is 0 Å². The van der Waals surface area contributed by atoms with Gasteiger partial charge in [-0.2, -0.15) is 0 Å². The maximum Gasteiger partial charge on any atom is 0.298 e. The van der Waals surface area contributed by atoms with Crippen molar-refractivity contribution in [2.24, 2.45) is 0 Å². The second-order valence-corrected chi connectivity index (χ2v) is 9.14. The second-order valence-electron chi connectivity index (χ2n) is 9.14. The predicted molar refractivity (Wildman–Crippen MR) is 144 cm³/mol. The highest BCUT2D eigenvalue weighted by atomic mass is 16.5. The Morgan fingerprint density at radius 3 is 2.39 bits per heavy atom. The summed E-state index contributed by atoms with van der Waals surface area (Å²) in [6.45, 7) is 7.62. The summed E-state index contributed by atoms with van der Waals surface area (Å²) in [5.74, 6) is 0.846. The number of nitrogens with zero attached hydrogens (tertiary/aromatic N) is 1. The molecule has 0 aliphatic carbocycles. The molecule has 3 aromatic rings. The molecule has 6 nitrogen and oxygen atoms in total. The van der Waals surface area contributed by atoms with E-state index >= 15 is 0 Å². The lowest BCUT2D eigenvalue weighted by atomic mass is 10.1. The number of carbonyl (C=O) groups is 1. The first-order valence-corrected chi connectivity index (χ1v) is 12.8. The number of aromatic nitrogens is 1. The number of ether oxygens (including phenoxy) is 3. The monoisotopic (exact) mass is 491 g/mol. The van der Waals surface area contributed by atoms with Crippen LogP contribution in [0.25, 0.3) is 10.9 Å². The van der Waals surface area contributed by atoms with Crippen molar-refractivity contribution in [2.45, 2.75) is 72.4 Å². The van der Waals surface area contributed by atoms with E-state index in [9.17, 15) is 9.59 Å². The minimum absolute atomic E-state index is 0.0800. The smallest absolute Gasteiger partial charge is 0.298 e. The lowest BCUT2D eigenvalue weighted by Crippen LogP contribution is -2.24. The van der Waals surface area contributed by atoms with E-state index in [1.165, 1.54) is 19.3 Å². The highest BCUT2D eigenvalue weighted by Crippen LogP contribution is 2.35. The Balaban J connectivity index is 1.99. The van der Waals surface area contributed by atoms with Gasteiger partial charge >= 0.3 is 0 Å². The lowest BCUT2D eigenvalue weighted by molar-refractivity contribution is -0.120. The maximum atomic E-state index is 13.5. The van der Waals surface area contributed by atoms with E-state index in [1.807, 2.05) is 68.5 Å². The summed E-state index contributed by atoms with van der Waals surface area (Å²) in [5.41, 5.74) is 2.47. The molecule has 0 unspecified atom stereocenters. The molecule has 2 aromatic carbocycles. The fraction of sp³-hybridized carbons (Fsp3) is 0.400. The van der Waals surface area contributed by atoms with E-state index in [-0.39, 0.29) is 30.1 Å². The molecule has 0 bridgehead atoms. The third kappa shape index (κ3) is 7.48. The Morgan fingerprint density at radius 2 is 1.67 bits per heavy atom. The van der Waals surface area contributed by atoms with Crippen molar-refractivity contribution < 1.29 is 19.0 Å². The molecule has 0 radical (unpaired) electrons. The molecule has 6 heteroatoms. The van der Waals surface area contributed by atoms with Gasteiger partial charge in [-0.15, -0.1) is 0 Å². The molecule has 0 spiro atoms. The first kappa shape index (κ1) is 27.1. The van der Waals surface area contributed by atoms with Crippen LogP contribution in [0.3, 0.4) is 0 Å². The predicted octanol–water partition coefficient (Wildman–Crippen LogP) is 6.82. The molecule has 0 saturated heterocycles. The van der Waals surface area contributed by atoms with Crippen LogP contribution in [0.1, 0.15) is 64.9 Å². The van der Waals surface area contributed by atoms with Crippen LogP contribution in [-0.2, 0) is 17.9 Å². The van der Waals surface area contributed by atoms with Crippen molar-refractivity contribution in [2.75, 3.05) is 6.61 Å². The summed E-state index contributed by atoms with van der Waals surface area (Å²) < 4.78 is 18.9. The van der Waals surface area contributed by atoms with Gasteiger partial charge in [0, 0.05) is 18.0 Å². The van der Waals surface area contributed by atoms with E-state index in [2.05, 4.69) is 6.92 Å². The first-order chi connectivity index (χ1) is 17.5. The van der Waals surface area contributed by atoms with Crippen molar-refractivity contribution in [3.8, 4) is 17.2 Å². The minimum atomic E-state index is -0.379. The number of hydrogen-bond acceptors (Lipinski definition) is 5. The molecule has 0 saturated carbocycles. The Morgan fingerprint density at radius 1 is 0.917 bits per heavy atom. The van der Waals surface area contributed by atoms with Gasteiger partial charge in [0.1, 0.15) is 19.0 Å². The highest BCUT2D eigenvalue weighted by Gasteiger charge is 2.20. The molecule has 0 aliphatic heterocycles. The minimum Gasteiger partial charge on any atom is -0.489 e. The van der Waals surface area contributed by atoms with Crippen LogP contribution in [0.15, 0.2) is 65.0 Å². The average Bonchev–Trinajstić information content (AvgIpc) is 2.88. The summed E-state index contributed by atoms with van der Waals surface area (Å²) in [5, 5.41) is 0.701. The van der Waals surface area contributed by atoms with Gasteiger partial charge in [0.25, 0.3) is 12.0 Å². The van der Waals surface area contributed by atoms with Gasteiger partial charge in [0.2, 0.25) is 5.75 Å². The molecule has 1 aromatic heterocycles. The van der Waals surface area contributed by atoms with Crippen molar-refractivity contribution in [1.82, 2.24) is 4.57 Å². The number of carbonyl (C=O) groups excluding carboxylic acids is 1. The van der Waals surface area contributed by atoms with Crippen LogP contribution in [0.5, 0.6) is 17.2 Å². The SMILES string of the molecule is CCCCCCCCn1c(=O)c(OC=O)c(OCC=C(C)C)c2ccc(OCc3ccccc3)cc21. The lowest BCUT2D eigenvalue weighted by Gasteiger charge is -2.18. The third-order valence-corrected chi connectivity index (χ3v) is 6.02. The fourth-order valence-electron chi connectivity index (χ4n) is 4.07. The summed E-state index contributed by atoms with van der Waals surface area (Å²) in [6, 6.07) is 15.5. The summed E-state index contributed by atoms with van der Waals surface area (Å²) >= 11 is 0. The Labute approximate surface area is 213 Å². The second kappa shape index (κ2) is 14.1. The molecule has 0 atom stereocenters. The van der Waals surface area contributed by atoms with E-state index in [1.54, 1.807) is 4.57 Å².